The summed E-state index contributed by atoms with van der Waals surface area (Å²) in [7, 11) is -1.18. The van der Waals surface area contributed by atoms with Crippen LogP contribution in [0.3, 0.4) is 0 Å². The summed E-state index contributed by atoms with van der Waals surface area (Å²) in [5.74, 6) is 0.225. The molecule has 1 saturated carbocycles. The van der Waals surface area contributed by atoms with E-state index in [0.29, 0.717) is 31.2 Å². The molecule has 0 saturated heterocycles. The molecule has 0 radical (unpaired) electrons. The van der Waals surface area contributed by atoms with Crippen molar-refractivity contribution in [3.05, 3.63) is 42.7 Å². The number of urea groups is 1. The molecule has 1 aliphatic carbocycles. The maximum Gasteiger partial charge on any atom is 0.419 e. The third-order valence-electron chi connectivity index (χ3n) is 7.37. The minimum atomic E-state index is -1.18. The van der Waals surface area contributed by atoms with E-state index in [2.05, 4.69) is 34.9 Å². The van der Waals surface area contributed by atoms with Crippen molar-refractivity contribution in [2.24, 2.45) is 5.92 Å². The molecule has 1 atom stereocenters. The van der Waals surface area contributed by atoms with Gasteiger partial charge in [-0.15, -0.1) is 0 Å². The van der Waals surface area contributed by atoms with Crippen molar-refractivity contribution in [1.29, 1.82) is 0 Å². The van der Waals surface area contributed by atoms with E-state index in [9.17, 15) is 14.7 Å². The summed E-state index contributed by atoms with van der Waals surface area (Å²) in [4.78, 5) is 35.6. The van der Waals surface area contributed by atoms with Gasteiger partial charge in [0.25, 0.3) is 0 Å². The number of nitrogens with one attached hydrogen (secondary N) is 1. The number of aliphatic hydroxyl groups excluding tert-OH is 1. The highest BCUT2D eigenvalue weighted by Gasteiger charge is 2.38. The summed E-state index contributed by atoms with van der Waals surface area (Å²) in [6.07, 6.45) is 9.71. The number of pyridine rings is 1. The summed E-state index contributed by atoms with van der Waals surface area (Å²) < 4.78 is 14.7. The molecule has 0 bridgehead atoms. The molecule has 1 unspecified atom stereocenters. The fraction of sp³-hybridized carbons (Fsp3) is 0.538. The van der Waals surface area contributed by atoms with Gasteiger partial charge in [-0.3, -0.25) is 4.90 Å². The van der Waals surface area contributed by atoms with E-state index in [1.165, 1.54) is 17.1 Å². The summed E-state index contributed by atoms with van der Waals surface area (Å²) in [6, 6.07) is 2.68. The van der Waals surface area contributed by atoms with E-state index in [-0.39, 0.29) is 18.0 Å². The number of fused-ring (bicyclic) bond motifs is 3. The number of hydrogen-bond donors (Lipinski definition) is 2. The maximum atomic E-state index is 13.2. The van der Waals surface area contributed by atoms with Gasteiger partial charge in [0.05, 0.1) is 12.3 Å². The van der Waals surface area contributed by atoms with Gasteiger partial charge in [-0.25, -0.2) is 24.1 Å². The van der Waals surface area contributed by atoms with Crippen molar-refractivity contribution in [2.75, 3.05) is 18.1 Å². The molecule has 1 aliphatic heterocycles. The van der Waals surface area contributed by atoms with Gasteiger partial charge in [-0.05, 0) is 43.7 Å². The molecule has 5 rings (SSSR count). The number of rotatable bonds is 8. The van der Waals surface area contributed by atoms with E-state index < -0.39 is 20.4 Å². The van der Waals surface area contributed by atoms with Crippen LogP contribution in [0.15, 0.2) is 37.2 Å². The van der Waals surface area contributed by atoms with Crippen LogP contribution in [0, 0.1) is 5.92 Å². The average molecular weight is 541 g/mol. The summed E-state index contributed by atoms with van der Waals surface area (Å²) in [5.41, 5.74) is 2.02. The lowest BCUT2D eigenvalue weighted by Gasteiger charge is -2.41. The Bertz CT molecular complexity index is 1280. The lowest BCUT2D eigenvalue weighted by molar-refractivity contribution is 0.0899. The fourth-order valence-corrected chi connectivity index (χ4v) is 5.93. The molecule has 3 aromatic heterocycles. The number of imidazole rings is 1. The van der Waals surface area contributed by atoms with Crippen molar-refractivity contribution < 1.29 is 24.2 Å². The predicted octanol–water partition coefficient (Wildman–Crippen LogP) is 4.31. The molecule has 0 aromatic carbocycles. The number of nitrogens with zero attached hydrogens (tertiary/aromatic N) is 5. The van der Waals surface area contributed by atoms with Gasteiger partial charge in [0.1, 0.15) is 18.7 Å². The molecule has 2 amide bonds. The zero-order valence-electron chi connectivity index (χ0n) is 22.2. The molecule has 2 aliphatic rings. The van der Waals surface area contributed by atoms with Gasteiger partial charge >= 0.3 is 12.1 Å². The Balaban J connectivity index is 1.29. The number of hydrogen-bond acceptors (Lipinski definition) is 7. The number of carbonyl (C=O) groups excluding carboxylic acids is 2. The zero-order valence-corrected chi connectivity index (χ0v) is 23.2. The first-order valence-corrected chi connectivity index (χ1v) is 16.9. The van der Waals surface area contributed by atoms with E-state index in [1.54, 1.807) is 17.3 Å². The fourth-order valence-electron chi connectivity index (χ4n) is 5.17. The molecule has 38 heavy (non-hydrogen) atoms. The van der Waals surface area contributed by atoms with Crippen LogP contribution in [0.1, 0.15) is 37.5 Å². The highest BCUT2D eigenvalue weighted by Crippen LogP contribution is 2.40. The normalized spacial score (nSPS) is 21.8. The molecule has 12 heteroatoms. The molecular weight excluding hydrogens is 504 g/mol. The minimum Gasteiger partial charge on any atom is -0.449 e. The predicted molar refractivity (Wildman–Crippen MR) is 145 cm³/mol. The van der Waals surface area contributed by atoms with Gasteiger partial charge < -0.3 is 24.5 Å². The summed E-state index contributed by atoms with van der Waals surface area (Å²) in [5, 5.41) is 14.1. The Hall–Kier alpha value is -3.22. The molecule has 3 aromatic rings. The van der Waals surface area contributed by atoms with Gasteiger partial charge in [0.2, 0.25) is 0 Å². The van der Waals surface area contributed by atoms with Gasteiger partial charge in [-0.1, -0.05) is 19.6 Å². The number of ether oxygens (including phenoxy) is 2. The average Bonchev–Trinajstić information content (AvgIpc) is 3.56. The quantitative estimate of drug-likeness (QED) is 0.322. The second kappa shape index (κ2) is 10.9. The molecular formula is C26H36N6O5Si. The Labute approximate surface area is 222 Å². The number of anilines is 1. The van der Waals surface area contributed by atoms with Crippen molar-refractivity contribution in [3.8, 4) is 0 Å². The van der Waals surface area contributed by atoms with Crippen LogP contribution in [0.4, 0.5) is 15.3 Å². The van der Waals surface area contributed by atoms with Crippen LogP contribution >= 0.6 is 0 Å². The Kier molecular flexibility index (Phi) is 7.55. The van der Waals surface area contributed by atoms with Gasteiger partial charge in [0, 0.05) is 56.5 Å². The van der Waals surface area contributed by atoms with Crippen molar-refractivity contribution in [2.45, 2.75) is 70.4 Å². The van der Waals surface area contributed by atoms with Gasteiger partial charge in [-0.2, -0.15) is 0 Å². The van der Waals surface area contributed by atoms with Crippen LogP contribution in [-0.2, 0) is 16.2 Å². The lowest BCUT2D eigenvalue weighted by atomic mass is 9.85. The summed E-state index contributed by atoms with van der Waals surface area (Å²) >= 11 is 0. The largest absolute Gasteiger partial charge is 0.449 e. The van der Waals surface area contributed by atoms with E-state index >= 15 is 0 Å². The highest BCUT2D eigenvalue weighted by molar-refractivity contribution is 6.76. The van der Waals surface area contributed by atoms with E-state index in [1.807, 2.05) is 16.8 Å². The number of carbonyl (C=O) groups is 2. The number of aromatic nitrogens is 4. The second-order valence-electron chi connectivity index (χ2n) is 11.4. The third-order valence-corrected chi connectivity index (χ3v) is 9.07. The van der Waals surface area contributed by atoms with Gasteiger partial charge in [0.15, 0.2) is 6.23 Å². The molecule has 2 N–H and O–H groups in total. The molecule has 0 spiro atoms. The Morgan fingerprint density at radius 2 is 2.00 bits per heavy atom. The Morgan fingerprint density at radius 1 is 1.21 bits per heavy atom. The molecule has 11 nitrogen and oxygen atoms in total. The van der Waals surface area contributed by atoms with E-state index in [0.717, 1.165) is 42.8 Å². The number of aliphatic hydroxyl groups is 1. The lowest BCUT2D eigenvalue weighted by Crippen LogP contribution is -2.52. The standard InChI is InChI=1S/C26H36N6O5Si/c1-38(2,3)13-12-36-17-31-10-8-20-22-21(14-28-23(20)31)24(33)29-25(34)32(22)19-6-4-18(5-7-19)15-37-26(35)30-11-9-27-16-30/h8-11,14,16,18-19,24,33H,4-7,12-13,15,17H2,1-3H3,(H,29,34). The van der Waals surface area contributed by atoms with Crippen LogP contribution in [0.5, 0.6) is 0 Å². The SMILES string of the molecule is C[Si](C)(C)CCOCn1ccc2c3c(cnc21)C(O)NC(=O)N3C1CCC(COC(=O)n2ccnc2)CC1. The minimum absolute atomic E-state index is 0.0382. The molecule has 204 valence electrons. The van der Waals surface area contributed by atoms with Crippen LogP contribution in [0.25, 0.3) is 11.0 Å². The van der Waals surface area contributed by atoms with Crippen molar-refractivity contribution in [3.63, 3.8) is 0 Å². The van der Waals surface area contributed by atoms with Crippen molar-refractivity contribution >= 4 is 36.9 Å². The number of amides is 2. The molecule has 4 heterocycles. The third kappa shape index (κ3) is 5.61. The smallest absolute Gasteiger partial charge is 0.419 e. The summed E-state index contributed by atoms with van der Waals surface area (Å²) in [6.45, 7) is 8.39. The maximum absolute atomic E-state index is 13.2. The first-order chi connectivity index (χ1) is 18.2. The van der Waals surface area contributed by atoms with Crippen molar-refractivity contribution in [1.82, 2.24) is 24.4 Å². The highest BCUT2D eigenvalue weighted by atomic mass is 28.3. The van der Waals surface area contributed by atoms with Crippen LogP contribution in [-0.4, -0.2) is 63.7 Å². The first kappa shape index (κ1) is 26.4. The monoisotopic (exact) mass is 540 g/mol. The molecule has 1 fully saturated rings. The van der Waals surface area contributed by atoms with Crippen LogP contribution < -0.4 is 10.2 Å². The van der Waals surface area contributed by atoms with E-state index in [4.69, 9.17) is 9.47 Å². The topological polar surface area (TPSA) is 124 Å². The Morgan fingerprint density at radius 3 is 2.71 bits per heavy atom. The second-order valence-corrected chi connectivity index (χ2v) is 17.0. The zero-order chi connectivity index (χ0) is 26.9. The first-order valence-electron chi connectivity index (χ1n) is 13.2. The van der Waals surface area contributed by atoms with Crippen LogP contribution in [0.2, 0.25) is 25.7 Å².